The molecule has 0 heterocycles. The average Bonchev–Trinajstić information content (AvgIpc) is 2.75. The van der Waals surface area contributed by atoms with Crippen LogP contribution in [-0.2, 0) is 16.0 Å². The fraction of sp³-hybridized carbons (Fsp3) is 0.200. The van der Waals surface area contributed by atoms with Crippen molar-refractivity contribution in [2.24, 2.45) is 5.73 Å². The Morgan fingerprint density at radius 2 is 1.24 bits per heavy atom. The third-order valence-corrected chi connectivity index (χ3v) is 4.99. The molecular formula is C25H26N2O2. The highest BCUT2D eigenvalue weighted by atomic mass is 16.2. The minimum Gasteiger partial charge on any atom is -0.368 e. The van der Waals surface area contributed by atoms with Crippen molar-refractivity contribution in [1.29, 1.82) is 0 Å². The first kappa shape index (κ1) is 20.3. The summed E-state index contributed by atoms with van der Waals surface area (Å²) in [5.74, 6) is -1.22. The number of hydrogen-bond donors (Lipinski definition) is 2. The maximum absolute atomic E-state index is 13.2. The zero-order chi connectivity index (χ0) is 20.5. The van der Waals surface area contributed by atoms with Gasteiger partial charge in [0.2, 0.25) is 11.8 Å². The maximum Gasteiger partial charge on any atom is 0.240 e. The Morgan fingerprint density at radius 3 is 1.72 bits per heavy atom. The Labute approximate surface area is 171 Å². The van der Waals surface area contributed by atoms with Crippen molar-refractivity contribution in [2.75, 3.05) is 0 Å². The number of aryl methyl sites for hydroxylation is 1. The van der Waals surface area contributed by atoms with Gasteiger partial charge in [0.25, 0.3) is 0 Å². The lowest BCUT2D eigenvalue weighted by atomic mass is 9.90. The number of nitrogens with one attached hydrogen (secondary N) is 1. The molecule has 0 bridgehead atoms. The SMILES string of the molecule is NC(=O)[C@H](CCCc1ccccc1)NC(=O)C(c1ccccc1)c1ccccc1. The van der Waals surface area contributed by atoms with Gasteiger partial charge in [-0.2, -0.15) is 0 Å². The lowest BCUT2D eigenvalue weighted by Crippen LogP contribution is -2.46. The average molecular weight is 386 g/mol. The summed E-state index contributed by atoms with van der Waals surface area (Å²) in [6.45, 7) is 0. The van der Waals surface area contributed by atoms with Crippen LogP contribution in [0.2, 0.25) is 0 Å². The Kier molecular flexibility index (Phi) is 7.17. The van der Waals surface area contributed by atoms with E-state index in [4.69, 9.17) is 5.73 Å². The number of benzene rings is 3. The van der Waals surface area contributed by atoms with Gasteiger partial charge in [-0.05, 0) is 36.0 Å². The van der Waals surface area contributed by atoms with Crippen LogP contribution in [-0.4, -0.2) is 17.9 Å². The largest absolute Gasteiger partial charge is 0.368 e. The summed E-state index contributed by atoms with van der Waals surface area (Å²) in [6.07, 6.45) is 2.10. The van der Waals surface area contributed by atoms with Crippen LogP contribution >= 0.6 is 0 Å². The predicted molar refractivity (Wildman–Crippen MR) is 115 cm³/mol. The molecule has 2 amide bonds. The quantitative estimate of drug-likeness (QED) is 0.587. The fourth-order valence-electron chi connectivity index (χ4n) is 3.48. The highest BCUT2D eigenvalue weighted by Gasteiger charge is 2.26. The van der Waals surface area contributed by atoms with Gasteiger partial charge in [-0.1, -0.05) is 91.0 Å². The van der Waals surface area contributed by atoms with Crippen LogP contribution in [0.25, 0.3) is 0 Å². The molecule has 1 atom stereocenters. The summed E-state index contributed by atoms with van der Waals surface area (Å²) in [5.41, 5.74) is 8.55. The maximum atomic E-state index is 13.2. The second kappa shape index (κ2) is 10.2. The van der Waals surface area contributed by atoms with E-state index in [2.05, 4.69) is 17.4 Å². The Bertz CT molecular complexity index is 872. The molecule has 4 nitrogen and oxygen atoms in total. The zero-order valence-corrected chi connectivity index (χ0v) is 16.3. The molecule has 0 aliphatic rings. The molecule has 0 saturated heterocycles. The molecule has 3 rings (SSSR count). The van der Waals surface area contributed by atoms with E-state index < -0.39 is 17.9 Å². The Morgan fingerprint density at radius 1 is 0.759 bits per heavy atom. The second-order valence-electron chi connectivity index (χ2n) is 7.10. The molecule has 148 valence electrons. The molecular weight excluding hydrogens is 360 g/mol. The molecule has 0 unspecified atom stereocenters. The third kappa shape index (κ3) is 5.79. The summed E-state index contributed by atoms with van der Waals surface area (Å²) in [6, 6.07) is 28.5. The van der Waals surface area contributed by atoms with Gasteiger partial charge < -0.3 is 11.1 Å². The van der Waals surface area contributed by atoms with Crippen molar-refractivity contribution in [3.8, 4) is 0 Å². The normalized spacial score (nSPS) is 11.8. The molecule has 0 aliphatic heterocycles. The van der Waals surface area contributed by atoms with E-state index in [0.29, 0.717) is 6.42 Å². The number of carbonyl (C=O) groups is 2. The standard InChI is InChI=1S/C25H26N2O2/c26-24(28)22(18-10-13-19-11-4-1-5-12-19)27-25(29)23(20-14-6-2-7-15-20)21-16-8-3-9-17-21/h1-9,11-12,14-17,22-23H,10,13,18H2,(H2,26,28)(H,27,29)/t22-/m0/s1. The Balaban J connectivity index is 1.71. The molecule has 0 fully saturated rings. The first-order valence-corrected chi connectivity index (χ1v) is 9.88. The van der Waals surface area contributed by atoms with E-state index in [9.17, 15) is 9.59 Å². The summed E-state index contributed by atoms with van der Waals surface area (Å²) in [7, 11) is 0. The lowest BCUT2D eigenvalue weighted by Gasteiger charge is -2.22. The molecule has 3 aromatic rings. The highest BCUT2D eigenvalue weighted by Crippen LogP contribution is 2.25. The summed E-state index contributed by atoms with van der Waals surface area (Å²) >= 11 is 0. The molecule has 0 spiro atoms. The topological polar surface area (TPSA) is 72.2 Å². The smallest absolute Gasteiger partial charge is 0.240 e. The first-order valence-electron chi connectivity index (χ1n) is 9.88. The van der Waals surface area contributed by atoms with E-state index >= 15 is 0 Å². The van der Waals surface area contributed by atoms with Crippen LogP contribution in [0.4, 0.5) is 0 Å². The van der Waals surface area contributed by atoms with E-state index in [-0.39, 0.29) is 5.91 Å². The highest BCUT2D eigenvalue weighted by molar-refractivity contribution is 5.91. The summed E-state index contributed by atoms with van der Waals surface area (Å²) in [5, 5.41) is 2.89. The second-order valence-corrected chi connectivity index (χ2v) is 7.10. The fourth-order valence-corrected chi connectivity index (χ4v) is 3.48. The molecule has 3 N–H and O–H groups in total. The van der Waals surface area contributed by atoms with Crippen LogP contribution in [0.1, 0.15) is 35.4 Å². The lowest BCUT2D eigenvalue weighted by molar-refractivity contribution is -0.127. The van der Waals surface area contributed by atoms with Crippen LogP contribution < -0.4 is 11.1 Å². The van der Waals surface area contributed by atoms with Gasteiger partial charge >= 0.3 is 0 Å². The molecule has 0 saturated carbocycles. The Hall–Kier alpha value is -3.40. The van der Waals surface area contributed by atoms with Crippen LogP contribution in [0.15, 0.2) is 91.0 Å². The van der Waals surface area contributed by atoms with Crippen molar-refractivity contribution in [1.82, 2.24) is 5.32 Å². The van der Waals surface area contributed by atoms with Gasteiger partial charge in [-0.15, -0.1) is 0 Å². The number of amides is 2. The van der Waals surface area contributed by atoms with Crippen LogP contribution in [0.5, 0.6) is 0 Å². The first-order chi connectivity index (χ1) is 14.1. The van der Waals surface area contributed by atoms with Gasteiger partial charge in [0.1, 0.15) is 6.04 Å². The van der Waals surface area contributed by atoms with Crippen molar-refractivity contribution in [2.45, 2.75) is 31.2 Å². The van der Waals surface area contributed by atoms with Crippen molar-refractivity contribution in [3.63, 3.8) is 0 Å². The molecule has 0 aromatic heterocycles. The molecule has 0 radical (unpaired) electrons. The van der Waals surface area contributed by atoms with Crippen LogP contribution in [0.3, 0.4) is 0 Å². The third-order valence-electron chi connectivity index (χ3n) is 4.99. The minimum absolute atomic E-state index is 0.217. The predicted octanol–water partition coefficient (Wildman–Crippen LogP) is 3.81. The number of carbonyl (C=O) groups excluding carboxylic acids is 2. The number of nitrogens with two attached hydrogens (primary N) is 1. The summed E-state index contributed by atoms with van der Waals surface area (Å²) < 4.78 is 0. The van der Waals surface area contributed by atoms with Gasteiger partial charge in [-0.25, -0.2) is 0 Å². The van der Waals surface area contributed by atoms with E-state index in [1.807, 2.05) is 78.9 Å². The monoisotopic (exact) mass is 386 g/mol. The molecule has 29 heavy (non-hydrogen) atoms. The van der Waals surface area contributed by atoms with Gasteiger partial charge in [-0.3, -0.25) is 9.59 Å². The van der Waals surface area contributed by atoms with E-state index in [1.165, 1.54) is 5.56 Å². The van der Waals surface area contributed by atoms with Crippen LogP contribution in [0, 0.1) is 0 Å². The number of primary amides is 1. The zero-order valence-electron chi connectivity index (χ0n) is 16.3. The number of hydrogen-bond acceptors (Lipinski definition) is 2. The van der Waals surface area contributed by atoms with Crippen molar-refractivity contribution >= 4 is 11.8 Å². The molecule has 4 heteroatoms. The van der Waals surface area contributed by atoms with Gasteiger partial charge in [0, 0.05) is 0 Å². The van der Waals surface area contributed by atoms with E-state index in [1.54, 1.807) is 0 Å². The van der Waals surface area contributed by atoms with Gasteiger partial charge in [0.15, 0.2) is 0 Å². The molecule has 3 aromatic carbocycles. The van der Waals surface area contributed by atoms with Crippen molar-refractivity contribution in [3.05, 3.63) is 108 Å². The minimum atomic E-state index is -0.693. The summed E-state index contributed by atoms with van der Waals surface area (Å²) in [4.78, 5) is 25.2. The van der Waals surface area contributed by atoms with E-state index in [0.717, 1.165) is 24.0 Å². The van der Waals surface area contributed by atoms with Crippen molar-refractivity contribution < 1.29 is 9.59 Å². The number of rotatable bonds is 9. The van der Waals surface area contributed by atoms with Gasteiger partial charge in [0.05, 0.1) is 5.92 Å². The molecule has 0 aliphatic carbocycles.